The second-order valence-corrected chi connectivity index (χ2v) is 7.96. The molecule has 0 saturated heterocycles. The van der Waals surface area contributed by atoms with E-state index in [-0.39, 0.29) is 12.5 Å². The fraction of sp³-hybridized carbons (Fsp3) is 0.190. The van der Waals surface area contributed by atoms with Crippen molar-refractivity contribution in [1.82, 2.24) is 10.7 Å². The van der Waals surface area contributed by atoms with Crippen molar-refractivity contribution >= 4 is 51.1 Å². The Morgan fingerprint density at radius 2 is 1.82 bits per heavy atom. The summed E-state index contributed by atoms with van der Waals surface area (Å²) in [6.45, 7) is 5.84. The number of nitrogens with one attached hydrogen (secondary N) is 2. The number of hydrazone groups is 1. The van der Waals surface area contributed by atoms with Crippen molar-refractivity contribution in [3.8, 4) is 0 Å². The zero-order valence-corrected chi connectivity index (χ0v) is 17.4. The van der Waals surface area contributed by atoms with Gasteiger partial charge in [-0.2, -0.15) is 5.10 Å². The van der Waals surface area contributed by atoms with E-state index in [1.54, 1.807) is 6.21 Å². The molecule has 3 rings (SSSR count). The molecule has 5 nitrogen and oxygen atoms in total. The van der Waals surface area contributed by atoms with E-state index in [1.807, 2.05) is 45.0 Å². The first-order valence-corrected chi connectivity index (χ1v) is 9.91. The van der Waals surface area contributed by atoms with Gasteiger partial charge in [0, 0.05) is 15.6 Å². The Kier molecular flexibility index (Phi) is 6.11. The van der Waals surface area contributed by atoms with E-state index >= 15 is 0 Å². The fourth-order valence-corrected chi connectivity index (χ4v) is 4.44. The number of thiophene rings is 1. The Bertz CT molecular complexity index is 1070. The van der Waals surface area contributed by atoms with Crippen LogP contribution in [-0.4, -0.2) is 24.6 Å². The summed E-state index contributed by atoms with van der Waals surface area (Å²) in [5.74, 6) is -0.792. The molecule has 0 aliphatic rings. The van der Waals surface area contributed by atoms with Crippen LogP contribution in [-0.2, 0) is 4.79 Å². The van der Waals surface area contributed by atoms with Crippen LogP contribution in [0.5, 0.6) is 0 Å². The molecular formula is C21H20ClN3O2S. The van der Waals surface area contributed by atoms with E-state index in [2.05, 4.69) is 28.0 Å². The average molecular weight is 414 g/mol. The molecule has 3 aromatic rings. The highest BCUT2D eigenvalue weighted by molar-refractivity contribution is 7.21. The minimum Gasteiger partial charge on any atom is -0.342 e. The van der Waals surface area contributed by atoms with Gasteiger partial charge in [0.1, 0.15) is 4.88 Å². The number of rotatable bonds is 5. The van der Waals surface area contributed by atoms with Crippen LogP contribution in [0.25, 0.3) is 10.1 Å². The predicted octanol–water partition coefficient (Wildman–Crippen LogP) is 4.36. The molecule has 1 aromatic heterocycles. The van der Waals surface area contributed by atoms with Gasteiger partial charge in [-0.25, -0.2) is 5.43 Å². The van der Waals surface area contributed by atoms with Crippen LogP contribution >= 0.6 is 22.9 Å². The summed E-state index contributed by atoms with van der Waals surface area (Å²) in [5.41, 5.74) is 6.75. The van der Waals surface area contributed by atoms with E-state index in [1.165, 1.54) is 16.9 Å². The van der Waals surface area contributed by atoms with E-state index in [9.17, 15) is 9.59 Å². The second kappa shape index (κ2) is 8.54. The summed E-state index contributed by atoms with van der Waals surface area (Å²) >= 11 is 7.58. The minimum atomic E-state index is -0.413. The molecule has 0 radical (unpaired) electrons. The number of nitrogens with zero attached hydrogens (tertiary/aromatic N) is 1. The Hall–Kier alpha value is -2.70. The molecule has 2 aromatic carbocycles. The highest BCUT2D eigenvalue weighted by Gasteiger charge is 2.17. The van der Waals surface area contributed by atoms with Crippen LogP contribution < -0.4 is 10.7 Å². The summed E-state index contributed by atoms with van der Waals surface area (Å²) in [6, 6.07) is 11.6. The molecule has 144 valence electrons. The number of carbonyl (C=O) groups excluding carboxylic acids is 2. The molecule has 2 N–H and O–H groups in total. The van der Waals surface area contributed by atoms with Crippen LogP contribution in [0, 0.1) is 20.8 Å². The molecule has 2 amide bonds. The third-order valence-corrected chi connectivity index (χ3v) is 5.95. The summed E-state index contributed by atoms with van der Waals surface area (Å²) in [5, 5.41) is 7.81. The number of hydrogen-bond acceptors (Lipinski definition) is 4. The number of hydrogen-bond donors (Lipinski definition) is 2. The quantitative estimate of drug-likeness (QED) is 0.482. The van der Waals surface area contributed by atoms with Crippen LogP contribution in [0.2, 0.25) is 5.02 Å². The van der Waals surface area contributed by atoms with Crippen molar-refractivity contribution in [2.75, 3.05) is 6.54 Å². The molecule has 0 spiro atoms. The highest BCUT2D eigenvalue weighted by Crippen LogP contribution is 2.34. The minimum absolute atomic E-state index is 0.188. The van der Waals surface area contributed by atoms with Crippen LogP contribution in [0.1, 0.15) is 31.9 Å². The van der Waals surface area contributed by atoms with Crippen LogP contribution in [0.3, 0.4) is 0 Å². The maximum atomic E-state index is 12.4. The topological polar surface area (TPSA) is 70.6 Å². The zero-order valence-electron chi connectivity index (χ0n) is 15.8. The Morgan fingerprint density at radius 1 is 1.14 bits per heavy atom. The lowest BCUT2D eigenvalue weighted by molar-refractivity contribution is -0.120. The molecular weight excluding hydrogens is 394 g/mol. The molecule has 0 fully saturated rings. The molecule has 0 unspecified atom stereocenters. The van der Waals surface area contributed by atoms with Crippen molar-refractivity contribution in [3.63, 3.8) is 0 Å². The number of benzene rings is 2. The molecule has 0 saturated carbocycles. The number of carbonyl (C=O) groups is 2. The van der Waals surface area contributed by atoms with Gasteiger partial charge in [-0.05, 0) is 38.0 Å². The second-order valence-electron chi connectivity index (χ2n) is 6.53. The zero-order chi connectivity index (χ0) is 20.3. The summed E-state index contributed by atoms with van der Waals surface area (Å²) < 4.78 is 0.926. The monoisotopic (exact) mass is 413 g/mol. The van der Waals surface area contributed by atoms with Crippen LogP contribution in [0.15, 0.2) is 41.5 Å². The lowest BCUT2D eigenvalue weighted by Crippen LogP contribution is -2.34. The third-order valence-electron chi connectivity index (χ3n) is 4.27. The lowest BCUT2D eigenvalue weighted by Gasteiger charge is -2.07. The van der Waals surface area contributed by atoms with E-state index in [0.717, 1.165) is 26.8 Å². The van der Waals surface area contributed by atoms with Crippen molar-refractivity contribution in [2.45, 2.75) is 20.8 Å². The first-order valence-electron chi connectivity index (χ1n) is 8.72. The van der Waals surface area contributed by atoms with E-state index in [4.69, 9.17) is 11.6 Å². The fourth-order valence-electron chi connectivity index (χ4n) is 3.00. The standard InChI is InChI=1S/C21H20ClN3O2S/c1-12-8-13(2)16(14(3)9-12)10-24-25-18(26)11-23-21(27)20-19(22)15-6-4-5-7-17(15)28-20/h4-10H,11H2,1-3H3,(H,23,27)(H,25,26). The van der Waals surface area contributed by atoms with Gasteiger partial charge in [0.25, 0.3) is 11.8 Å². The van der Waals surface area contributed by atoms with Gasteiger partial charge in [-0.15, -0.1) is 11.3 Å². The lowest BCUT2D eigenvalue weighted by atomic mass is 10.0. The molecule has 28 heavy (non-hydrogen) atoms. The van der Waals surface area contributed by atoms with Gasteiger partial charge in [-0.3, -0.25) is 9.59 Å². The predicted molar refractivity (Wildman–Crippen MR) is 116 cm³/mol. The Labute approximate surface area is 172 Å². The van der Waals surface area contributed by atoms with Gasteiger partial charge in [0.05, 0.1) is 17.8 Å². The van der Waals surface area contributed by atoms with Gasteiger partial charge in [0.2, 0.25) is 0 Å². The molecule has 0 atom stereocenters. The van der Waals surface area contributed by atoms with Crippen LogP contribution in [0.4, 0.5) is 0 Å². The number of halogens is 1. The summed E-state index contributed by atoms with van der Waals surface area (Å²) in [7, 11) is 0. The maximum absolute atomic E-state index is 12.4. The van der Waals surface area contributed by atoms with Gasteiger partial charge in [0.15, 0.2) is 0 Å². The Morgan fingerprint density at radius 3 is 2.50 bits per heavy atom. The largest absolute Gasteiger partial charge is 0.342 e. The third kappa shape index (κ3) is 4.40. The first kappa shape index (κ1) is 20.0. The highest BCUT2D eigenvalue weighted by atomic mass is 35.5. The van der Waals surface area contributed by atoms with Crippen molar-refractivity contribution < 1.29 is 9.59 Å². The summed E-state index contributed by atoms with van der Waals surface area (Å²) in [6.07, 6.45) is 1.62. The normalized spacial score (nSPS) is 11.1. The average Bonchev–Trinajstić information content (AvgIpc) is 2.99. The van der Waals surface area contributed by atoms with Crippen molar-refractivity contribution in [3.05, 3.63) is 68.6 Å². The SMILES string of the molecule is Cc1cc(C)c(C=NNC(=O)CNC(=O)c2sc3ccccc3c2Cl)c(C)c1. The van der Waals surface area contributed by atoms with E-state index < -0.39 is 5.91 Å². The number of amides is 2. The smallest absolute Gasteiger partial charge is 0.263 e. The van der Waals surface area contributed by atoms with Gasteiger partial charge in [-0.1, -0.05) is 47.5 Å². The molecule has 0 aliphatic heterocycles. The van der Waals surface area contributed by atoms with Gasteiger partial charge < -0.3 is 5.32 Å². The van der Waals surface area contributed by atoms with E-state index in [0.29, 0.717) is 9.90 Å². The number of fused-ring (bicyclic) bond motifs is 1. The van der Waals surface area contributed by atoms with Crippen molar-refractivity contribution in [2.24, 2.45) is 5.10 Å². The summed E-state index contributed by atoms with van der Waals surface area (Å²) in [4.78, 5) is 24.7. The van der Waals surface area contributed by atoms with Gasteiger partial charge >= 0.3 is 0 Å². The van der Waals surface area contributed by atoms with Crippen molar-refractivity contribution in [1.29, 1.82) is 0 Å². The Balaban J connectivity index is 1.58. The molecule has 0 bridgehead atoms. The molecule has 1 heterocycles. The molecule has 7 heteroatoms. The number of aryl methyl sites for hydroxylation is 3. The molecule has 0 aliphatic carbocycles. The maximum Gasteiger partial charge on any atom is 0.263 e. The first-order chi connectivity index (χ1) is 13.4.